The molecule has 1 unspecified atom stereocenters. The smallest absolute Gasteiger partial charge is 0.328 e. The third-order valence-corrected chi connectivity index (χ3v) is 3.74. The highest BCUT2D eigenvalue weighted by Gasteiger charge is 2.30. The van der Waals surface area contributed by atoms with Gasteiger partial charge in [0.1, 0.15) is 0 Å². The van der Waals surface area contributed by atoms with Gasteiger partial charge < -0.3 is 5.32 Å². The molecule has 1 N–H and O–H groups in total. The van der Waals surface area contributed by atoms with Gasteiger partial charge >= 0.3 is 6.03 Å². The third-order valence-electron chi connectivity index (χ3n) is 3.18. The second-order valence-electron chi connectivity index (χ2n) is 4.49. The number of carbonyl (C=O) groups is 2. The number of imide groups is 1. The topological polar surface area (TPSA) is 49.4 Å². The highest BCUT2D eigenvalue weighted by molar-refractivity contribution is 6.37. The highest BCUT2D eigenvalue weighted by atomic mass is 35.5. The van der Waals surface area contributed by atoms with E-state index in [9.17, 15) is 9.59 Å². The minimum Gasteiger partial charge on any atom is -0.337 e. The quantitative estimate of drug-likeness (QED) is 0.909. The Kier molecular flexibility index (Phi) is 4.32. The number of amides is 3. The van der Waals surface area contributed by atoms with Gasteiger partial charge in [-0.05, 0) is 24.1 Å². The molecule has 1 aromatic rings. The zero-order valence-corrected chi connectivity index (χ0v) is 12.0. The SMILES string of the molecule is CCC1CNC(=O)N(c2cc(Cl)ccc2Cl)C(=O)C1. The fourth-order valence-electron chi connectivity index (χ4n) is 2.02. The molecule has 1 aliphatic heterocycles. The van der Waals surface area contributed by atoms with Crippen molar-refractivity contribution in [3.05, 3.63) is 28.2 Å². The molecule has 4 nitrogen and oxygen atoms in total. The Labute approximate surface area is 121 Å². The van der Waals surface area contributed by atoms with Crippen LogP contribution in [-0.4, -0.2) is 18.5 Å². The minimum atomic E-state index is -0.454. The normalized spacial score (nSPS) is 20.2. The largest absolute Gasteiger partial charge is 0.337 e. The molecule has 0 spiro atoms. The van der Waals surface area contributed by atoms with Crippen molar-refractivity contribution in [1.82, 2.24) is 5.32 Å². The fourth-order valence-corrected chi connectivity index (χ4v) is 2.39. The number of halogens is 2. The number of urea groups is 1. The van der Waals surface area contributed by atoms with Crippen molar-refractivity contribution < 1.29 is 9.59 Å². The van der Waals surface area contributed by atoms with Crippen LogP contribution >= 0.6 is 23.2 Å². The molecule has 0 aliphatic carbocycles. The first-order valence-corrected chi connectivity index (χ1v) is 6.84. The van der Waals surface area contributed by atoms with E-state index in [4.69, 9.17) is 23.2 Å². The Hall–Kier alpha value is -1.26. The van der Waals surface area contributed by atoms with E-state index in [1.54, 1.807) is 12.1 Å². The van der Waals surface area contributed by atoms with Gasteiger partial charge in [-0.1, -0.05) is 36.5 Å². The first-order valence-electron chi connectivity index (χ1n) is 6.08. The lowest BCUT2D eigenvalue weighted by Crippen LogP contribution is -2.41. The Morgan fingerprint density at radius 3 is 2.79 bits per heavy atom. The summed E-state index contributed by atoms with van der Waals surface area (Å²) in [4.78, 5) is 25.3. The molecule has 1 heterocycles. The van der Waals surface area contributed by atoms with E-state index in [0.29, 0.717) is 28.7 Å². The van der Waals surface area contributed by atoms with Gasteiger partial charge in [0.25, 0.3) is 0 Å². The predicted molar refractivity (Wildman–Crippen MR) is 75.7 cm³/mol. The summed E-state index contributed by atoms with van der Waals surface area (Å²) in [6, 6.07) is 4.25. The average Bonchev–Trinajstić information content (AvgIpc) is 2.52. The van der Waals surface area contributed by atoms with Crippen LogP contribution in [0.3, 0.4) is 0 Å². The van der Waals surface area contributed by atoms with E-state index >= 15 is 0 Å². The molecule has 1 saturated heterocycles. The Bertz CT molecular complexity index is 519. The molecule has 0 saturated carbocycles. The van der Waals surface area contributed by atoms with Crippen molar-refractivity contribution in [3.63, 3.8) is 0 Å². The molecule has 0 radical (unpaired) electrons. The van der Waals surface area contributed by atoms with Gasteiger partial charge in [0, 0.05) is 18.0 Å². The number of hydrogen-bond donors (Lipinski definition) is 1. The Morgan fingerprint density at radius 2 is 2.11 bits per heavy atom. The van der Waals surface area contributed by atoms with Crippen LogP contribution in [0.2, 0.25) is 10.0 Å². The summed E-state index contributed by atoms with van der Waals surface area (Å²) in [5, 5.41) is 3.48. The zero-order chi connectivity index (χ0) is 14.0. The summed E-state index contributed by atoms with van der Waals surface area (Å²) in [6.45, 7) is 2.49. The van der Waals surface area contributed by atoms with Gasteiger partial charge in [-0.2, -0.15) is 0 Å². The molecule has 1 aromatic carbocycles. The van der Waals surface area contributed by atoms with Crippen LogP contribution < -0.4 is 10.2 Å². The maximum Gasteiger partial charge on any atom is 0.328 e. The van der Waals surface area contributed by atoms with Crippen molar-refractivity contribution in [2.75, 3.05) is 11.4 Å². The first kappa shape index (κ1) is 14.2. The van der Waals surface area contributed by atoms with Crippen LogP contribution in [-0.2, 0) is 4.79 Å². The minimum absolute atomic E-state index is 0.152. The fraction of sp³-hybridized carbons (Fsp3) is 0.385. The molecular formula is C13H14Cl2N2O2. The Balaban J connectivity index is 2.38. The maximum atomic E-state index is 12.2. The number of nitrogens with one attached hydrogen (secondary N) is 1. The van der Waals surface area contributed by atoms with Gasteiger partial charge in [0.05, 0.1) is 10.7 Å². The number of carbonyl (C=O) groups excluding carboxylic acids is 2. The summed E-state index contributed by atoms with van der Waals surface area (Å²) in [6.07, 6.45) is 1.15. The molecule has 1 aliphatic rings. The number of hydrogen-bond acceptors (Lipinski definition) is 2. The maximum absolute atomic E-state index is 12.2. The van der Waals surface area contributed by atoms with E-state index < -0.39 is 6.03 Å². The molecule has 2 rings (SSSR count). The number of anilines is 1. The first-order chi connectivity index (χ1) is 9.02. The Morgan fingerprint density at radius 1 is 1.37 bits per heavy atom. The van der Waals surface area contributed by atoms with Crippen LogP contribution in [0.5, 0.6) is 0 Å². The second kappa shape index (κ2) is 5.80. The van der Waals surface area contributed by atoms with E-state index in [-0.39, 0.29) is 11.8 Å². The van der Waals surface area contributed by atoms with Gasteiger partial charge in [0.15, 0.2) is 0 Å². The van der Waals surface area contributed by atoms with Crippen LogP contribution in [0.15, 0.2) is 18.2 Å². The van der Waals surface area contributed by atoms with Crippen molar-refractivity contribution in [2.45, 2.75) is 19.8 Å². The second-order valence-corrected chi connectivity index (χ2v) is 5.33. The zero-order valence-electron chi connectivity index (χ0n) is 10.5. The summed E-state index contributed by atoms with van der Waals surface area (Å²) < 4.78 is 0. The van der Waals surface area contributed by atoms with Crippen LogP contribution in [0.25, 0.3) is 0 Å². The average molecular weight is 301 g/mol. The van der Waals surface area contributed by atoms with Crippen LogP contribution in [0.4, 0.5) is 10.5 Å². The van der Waals surface area contributed by atoms with Crippen LogP contribution in [0.1, 0.15) is 19.8 Å². The molecule has 1 fully saturated rings. The number of nitrogens with zero attached hydrogens (tertiary/aromatic N) is 1. The number of benzene rings is 1. The standard InChI is InChI=1S/C13H14Cl2N2O2/c1-2-8-5-12(18)17(13(19)16-7-8)11-6-9(14)3-4-10(11)15/h3-4,6,8H,2,5,7H2,1H3,(H,16,19). The van der Waals surface area contributed by atoms with E-state index in [0.717, 1.165) is 11.3 Å². The molecule has 1 atom stereocenters. The summed E-state index contributed by atoms with van der Waals surface area (Å²) in [5.41, 5.74) is 0.327. The van der Waals surface area contributed by atoms with Crippen molar-refractivity contribution in [3.8, 4) is 0 Å². The molecular weight excluding hydrogens is 287 g/mol. The van der Waals surface area contributed by atoms with Crippen molar-refractivity contribution >= 4 is 40.8 Å². The van der Waals surface area contributed by atoms with Crippen molar-refractivity contribution in [1.29, 1.82) is 0 Å². The van der Waals surface area contributed by atoms with Gasteiger partial charge in [-0.15, -0.1) is 0 Å². The molecule has 0 bridgehead atoms. The van der Waals surface area contributed by atoms with Gasteiger partial charge in [0.2, 0.25) is 5.91 Å². The van der Waals surface area contributed by atoms with Gasteiger partial charge in [-0.25, -0.2) is 9.69 Å². The lowest BCUT2D eigenvalue weighted by molar-refractivity contribution is -0.118. The van der Waals surface area contributed by atoms with E-state index in [2.05, 4.69) is 5.32 Å². The monoisotopic (exact) mass is 300 g/mol. The molecule has 3 amide bonds. The van der Waals surface area contributed by atoms with Crippen LogP contribution in [0, 0.1) is 5.92 Å². The lowest BCUT2D eigenvalue weighted by Gasteiger charge is -2.19. The molecule has 0 aromatic heterocycles. The van der Waals surface area contributed by atoms with Crippen molar-refractivity contribution in [2.24, 2.45) is 5.92 Å². The van der Waals surface area contributed by atoms with E-state index in [1.165, 1.54) is 6.07 Å². The van der Waals surface area contributed by atoms with Gasteiger partial charge in [-0.3, -0.25) is 4.79 Å². The van der Waals surface area contributed by atoms with E-state index in [1.807, 2.05) is 6.92 Å². The molecule has 6 heteroatoms. The predicted octanol–water partition coefficient (Wildman–Crippen LogP) is 3.47. The summed E-state index contributed by atoms with van der Waals surface area (Å²) in [7, 11) is 0. The number of rotatable bonds is 2. The highest BCUT2D eigenvalue weighted by Crippen LogP contribution is 2.31. The summed E-state index contributed by atoms with van der Waals surface area (Å²) >= 11 is 12.0. The third kappa shape index (κ3) is 3.01. The lowest BCUT2D eigenvalue weighted by atomic mass is 10.0. The molecule has 102 valence electrons. The molecule has 19 heavy (non-hydrogen) atoms. The summed E-state index contributed by atoms with van der Waals surface area (Å²) in [5.74, 6) is -0.106.